The van der Waals surface area contributed by atoms with Gasteiger partial charge in [-0.2, -0.15) is 18.2 Å². The van der Waals surface area contributed by atoms with Crippen LogP contribution in [0.25, 0.3) is 0 Å². The Bertz CT molecular complexity index is 823. The van der Waals surface area contributed by atoms with Crippen molar-refractivity contribution in [1.82, 2.24) is 0 Å². The number of nitrogens with zero attached hydrogens (tertiary/aromatic N) is 1. The molecule has 0 heterocycles. The third-order valence-corrected chi connectivity index (χ3v) is 3.46. The molecule has 0 fully saturated rings. The fraction of sp³-hybridized carbons (Fsp3) is 0.0714. The summed E-state index contributed by atoms with van der Waals surface area (Å²) in [6.45, 7) is 0. The average molecular weight is 412 g/mol. The van der Waals surface area contributed by atoms with E-state index in [9.17, 15) is 31.1 Å². The smallest absolute Gasteiger partial charge is 0.416 e. The van der Waals surface area contributed by atoms with E-state index in [1.165, 1.54) is 0 Å². The van der Waals surface area contributed by atoms with Crippen LogP contribution in [-0.2, 0) is 11.0 Å². The maximum Gasteiger partial charge on any atom is 0.416 e. The average Bonchev–Trinajstić information content (AvgIpc) is 2.48. The molecule has 0 saturated heterocycles. The van der Waals surface area contributed by atoms with Gasteiger partial charge in [0.25, 0.3) is 0 Å². The number of isocyanates is 1. The number of rotatable bonds is 3. The fourth-order valence-corrected chi connectivity index (χ4v) is 2.10. The monoisotopic (exact) mass is 411 g/mol. The second-order valence-corrected chi connectivity index (χ2v) is 5.07. The van der Waals surface area contributed by atoms with Gasteiger partial charge in [0.15, 0.2) is 23.1 Å². The van der Waals surface area contributed by atoms with Crippen LogP contribution >= 0.6 is 15.9 Å². The molecule has 3 nitrogen and oxygen atoms in total. The molecule has 2 aromatic rings. The first-order valence-corrected chi connectivity index (χ1v) is 6.74. The summed E-state index contributed by atoms with van der Waals surface area (Å²) in [5.74, 6) is -6.06. The first kappa shape index (κ1) is 18.0. The van der Waals surface area contributed by atoms with E-state index >= 15 is 0 Å². The Labute approximate surface area is 138 Å². The molecule has 0 atom stereocenters. The molecule has 0 aromatic heterocycles. The van der Waals surface area contributed by atoms with Crippen molar-refractivity contribution in [2.75, 3.05) is 0 Å². The molecule has 10 heteroatoms. The van der Waals surface area contributed by atoms with Crippen LogP contribution in [0.5, 0.6) is 11.5 Å². The third kappa shape index (κ3) is 3.60. The van der Waals surface area contributed by atoms with Crippen molar-refractivity contribution >= 4 is 27.7 Å². The lowest BCUT2D eigenvalue weighted by Crippen LogP contribution is -2.07. The fourth-order valence-electron chi connectivity index (χ4n) is 1.68. The van der Waals surface area contributed by atoms with Crippen LogP contribution < -0.4 is 4.74 Å². The summed E-state index contributed by atoms with van der Waals surface area (Å²) in [5, 5.41) is 0. The topological polar surface area (TPSA) is 38.7 Å². The molecule has 0 amide bonds. The van der Waals surface area contributed by atoms with Gasteiger partial charge in [0, 0.05) is 0 Å². The zero-order valence-electron chi connectivity index (χ0n) is 11.2. The Hall–Kier alpha value is -2.32. The quantitative estimate of drug-likeness (QED) is 0.372. The Kier molecular flexibility index (Phi) is 5.00. The zero-order chi connectivity index (χ0) is 18.1. The minimum atomic E-state index is -4.97. The van der Waals surface area contributed by atoms with Gasteiger partial charge < -0.3 is 4.74 Å². The second-order valence-electron chi connectivity index (χ2n) is 4.28. The van der Waals surface area contributed by atoms with Crippen molar-refractivity contribution < 1.29 is 35.9 Å². The molecule has 0 saturated carbocycles. The van der Waals surface area contributed by atoms with E-state index < -0.39 is 45.2 Å². The van der Waals surface area contributed by atoms with Crippen molar-refractivity contribution in [2.24, 2.45) is 4.99 Å². The van der Waals surface area contributed by atoms with Crippen LogP contribution in [0, 0.1) is 17.5 Å². The molecule has 0 spiro atoms. The van der Waals surface area contributed by atoms with Crippen molar-refractivity contribution in [1.29, 1.82) is 0 Å². The molecule has 126 valence electrons. The van der Waals surface area contributed by atoms with Crippen molar-refractivity contribution in [3.8, 4) is 11.5 Å². The number of carbonyl (C=O) groups excluding carboxylic acids is 1. The highest BCUT2D eigenvalue weighted by Gasteiger charge is 2.33. The largest absolute Gasteiger partial charge is 0.448 e. The number of aliphatic imine (C=N–C) groups is 1. The Morgan fingerprint density at radius 3 is 2.08 bits per heavy atom. The lowest BCUT2D eigenvalue weighted by Gasteiger charge is -2.13. The first-order valence-electron chi connectivity index (χ1n) is 5.95. The Morgan fingerprint density at radius 2 is 1.58 bits per heavy atom. The van der Waals surface area contributed by atoms with E-state index in [-0.39, 0.29) is 17.8 Å². The highest BCUT2D eigenvalue weighted by atomic mass is 79.9. The molecular formula is C14H4BrF6NO2. The second kappa shape index (κ2) is 6.66. The van der Waals surface area contributed by atoms with Crippen molar-refractivity contribution in [2.45, 2.75) is 6.18 Å². The number of hydrogen-bond donors (Lipinski definition) is 0. The van der Waals surface area contributed by atoms with E-state index in [0.717, 1.165) is 18.2 Å². The molecule has 0 aliphatic heterocycles. The molecule has 2 aromatic carbocycles. The molecule has 0 N–H and O–H groups in total. The molecule has 0 unspecified atom stereocenters. The Balaban J connectivity index is 2.57. The van der Waals surface area contributed by atoms with Gasteiger partial charge in [-0.1, -0.05) is 0 Å². The van der Waals surface area contributed by atoms with Crippen LogP contribution in [0.4, 0.5) is 32.0 Å². The molecule has 24 heavy (non-hydrogen) atoms. The minimum absolute atomic E-state index is 0.0221. The number of benzene rings is 2. The van der Waals surface area contributed by atoms with Gasteiger partial charge >= 0.3 is 6.18 Å². The highest BCUT2D eigenvalue weighted by Crippen LogP contribution is 2.42. The molecule has 0 aliphatic carbocycles. The standard InChI is InChI=1S/C14H4BrF6NO2/c15-11-7(16)1-2-10(22-5-23)13(11)24-12-8(17)3-6(4-9(12)18)14(19,20)21/h1-4H. The lowest BCUT2D eigenvalue weighted by molar-refractivity contribution is -0.138. The maximum absolute atomic E-state index is 13.8. The molecule has 0 radical (unpaired) electrons. The maximum atomic E-state index is 13.8. The van der Waals surface area contributed by atoms with E-state index in [0.29, 0.717) is 0 Å². The molecule has 0 aliphatic rings. The number of halogens is 7. The summed E-state index contributed by atoms with van der Waals surface area (Å²) in [5.41, 5.74) is -1.90. The molecular weight excluding hydrogens is 408 g/mol. The van der Waals surface area contributed by atoms with Gasteiger partial charge in [-0.3, -0.25) is 0 Å². The zero-order valence-corrected chi connectivity index (χ0v) is 12.8. The van der Waals surface area contributed by atoms with E-state index in [2.05, 4.69) is 20.9 Å². The Morgan fingerprint density at radius 1 is 1.00 bits per heavy atom. The summed E-state index contributed by atoms with van der Waals surface area (Å²) in [6.07, 6.45) is -3.84. The van der Waals surface area contributed by atoms with Gasteiger partial charge in [-0.15, -0.1) is 0 Å². The van der Waals surface area contributed by atoms with Gasteiger partial charge in [0.05, 0.1) is 10.0 Å². The predicted molar refractivity (Wildman–Crippen MR) is 73.3 cm³/mol. The summed E-state index contributed by atoms with van der Waals surface area (Å²) >= 11 is 2.74. The normalized spacial score (nSPS) is 11.1. The minimum Gasteiger partial charge on any atom is -0.448 e. The molecule has 2 rings (SSSR count). The summed E-state index contributed by atoms with van der Waals surface area (Å²) in [6, 6.07) is 1.88. The van der Waals surface area contributed by atoms with Crippen molar-refractivity contribution in [3.05, 3.63) is 51.8 Å². The highest BCUT2D eigenvalue weighted by molar-refractivity contribution is 9.10. The predicted octanol–water partition coefficient (Wildman–Crippen LogP) is 5.64. The van der Waals surface area contributed by atoms with Crippen LogP contribution in [0.1, 0.15) is 5.56 Å². The molecule has 0 bridgehead atoms. The summed E-state index contributed by atoms with van der Waals surface area (Å²) in [4.78, 5) is 13.5. The van der Waals surface area contributed by atoms with Gasteiger partial charge in [-0.05, 0) is 40.2 Å². The van der Waals surface area contributed by atoms with Crippen LogP contribution in [0.2, 0.25) is 0 Å². The van der Waals surface area contributed by atoms with Crippen LogP contribution in [0.15, 0.2) is 33.7 Å². The van der Waals surface area contributed by atoms with Crippen LogP contribution in [-0.4, -0.2) is 6.08 Å². The number of alkyl halides is 3. The first-order chi connectivity index (χ1) is 11.1. The van der Waals surface area contributed by atoms with E-state index in [1.807, 2.05) is 0 Å². The van der Waals surface area contributed by atoms with Gasteiger partial charge in [0.2, 0.25) is 6.08 Å². The van der Waals surface area contributed by atoms with Crippen LogP contribution in [0.3, 0.4) is 0 Å². The number of hydrogen-bond acceptors (Lipinski definition) is 3. The van der Waals surface area contributed by atoms with E-state index in [1.54, 1.807) is 0 Å². The lowest BCUT2D eigenvalue weighted by atomic mass is 10.2. The number of ether oxygens (including phenoxy) is 1. The van der Waals surface area contributed by atoms with Gasteiger partial charge in [0.1, 0.15) is 11.5 Å². The third-order valence-electron chi connectivity index (χ3n) is 2.73. The van der Waals surface area contributed by atoms with E-state index in [4.69, 9.17) is 4.74 Å². The summed E-state index contributed by atoms with van der Waals surface area (Å²) in [7, 11) is 0. The van der Waals surface area contributed by atoms with Gasteiger partial charge in [-0.25, -0.2) is 18.0 Å². The summed E-state index contributed by atoms with van der Waals surface area (Å²) < 4.78 is 83.0. The van der Waals surface area contributed by atoms with Crippen molar-refractivity contribution in [3.63, 3.8) is 0 Å². The SMILES string of the molecule is O=C=Nc1ccc(F)c(Br)c1Oc1c(F)cc(C(F)(F)F)cc1F.